The third kappa shape index (κ3) is 5.34. The number of phenolic OH excluding ortho intramolecular Hbond substituents is 1. The number of hydrogen-bond donors (Lipinski definition) is 2. The molecule has 0 radical (unpaired) electrons. The van der Waals surface area contributed by atoms with Crippen LogP contribution in [-0.4, -0.2) is 61.8 Å². The number of anilines is 1. The number of carbonyl (C=O) groups is 3. The van der Waals surface area contributed by atoms with Gasteiger partial charge in [0.1, 0.15) is 18.0 Å². The summed E-state index contributed by atoms with van der Waals surface area (Å²) in [5.74, 6) is -2.58. The Kier molecular flexibility index (Phi) is 6.62. The monoisotopic (exact) mass is 511 g/mol. The zero-order valence-electron chi connectivity index (χ0n) is 19.2. The van der Waals surface area contributed by atoms with Crippen LogP contribution in [0, 0.1) is 11.7 Å². The van der Waals surface area contributed by atoms with E-state index < -0.39 is 64.3 Å². The first-order chi connectivity index (χ1) is 16.5. The third-order valence-electron chi connectivity index (χ3n) is 6.05. The lowest BCUT2D eigenvalue weighted by atomic mass is 10.0. The number of esters is 1. The van der Waals surface area contributed by atoms with Gasteiger partial charge in [0.2, 0.25) is 6.29 Å². The molecular weight excluding hydrogens is 485 g/mol. The quantitative estimate of drug-likeness (QED) is 0.418. The fraction of sp³-hybridized carbons (Fsp3) is 0.500. The average Bonchev–Trinajstić information content (AvgIpc) is 3.41. The van der Waals surface area contributed by atoms with Crippen LogP contribution in [0.3, 0.4) is 0 Å². The van der Waals surface area contributed by atoms with Crippen molar-refractivity contribution in [1.82, 2.24) is 9.62 Å². The predicted molar refractivity (Wildman–Crippen MR) is 121 cm³/mol. The van der Waals surface area contributed by atoms with Gasteiger partial charge in [-0.25, -0.2) is 18.2 Å². The standard InChI is InChI=1S/C22H26FN3O8S/c1-12(27)33-13(2)34-22(30)25-10-15(9-16(25)6-5-14-3-4-14)17-7-8-18(28)21(20(17)23)26-11-19(29)24-35(26,31)32/h7-9,13-14,16,28H,3-6,10-11H2,1-2H3,(H,24,29)/t13?,16-/m1/s1. The van der Waals surface area contributed by atoms with Crippen LogP contribution in [0.2, 0.25) is 0 Å². The molecule has 0 aromatic heterocycles. The van der Waals surface area contributed by atoms with Crippen molar-refractivity contribution in [3.63, 3.8) is 0 Å². The molecule has 1 aromatic rings. The zero-order chi connectivity index (χ0) is 25.5. The van der Waals surface area contributed by atoms with Gasteiger partial charge in [0, 0.05) is 19.4 Å². The second-order valence-corrected chi connectivity index (χ2v) is 10.4. The fourth-order valence-electron chi connectivity index (χ4n) is 4.26. The highest BCUT2D eigenvalue weighted by atomic mass is 32.2. The lowest BCUT2D eigenvalue weighted by Gasteiger charge is -2.26. The highest BCUT2D eigenvalue weighted by molar-refractivity contribution is 7.92. The van der Waals surface area contributed by atoms with Crippen LogP contribution in [0.15, 0.2) is 18.2 Å². The summed E-state index contributed by atoms with van der Waals surface area (Å²) in [5, 5.41) is 10.2. The van der Waals surface area contributed by atoms with E-state index in [0.29, 0.717) is 22.2 Å². The summed E-state index contributed by atoms with van der Waals surface area (Å²) in [5.41, 5.74) is -0.287. The Morgan fingerprint density at radius 1 is 1.23 bits per heavy atom. The molecule has 2 fully saturated rings. The van der Waals surface area contributed by atoms with Crippen LogP contribution in [0.5, 0.6) is 5.75 Å². The highest BCUT2D eigenvalue weighted by Gasteiger charge is 2.39. The lowest BCUT2D eigenvalue weighted by molar-refractivity contribution is -0.163. The number of phenols is 1. The summed E-state index contributed by atoms with van der Waals surface area (Å²) in [7, 11) is -4.36. The smallest absolute Gasteiger partial charge is 0.413 e. The van der Waals surface area contributed by atoms with Crippen molar-refractivity contribution in [2.45, 2.75) is 51.9 Å². The molecule has 13 heteroatoms. The van der Waals surface area contributed by atoms with Crippen LogP contribution in [0.1, 0.15) is 45.1 Å². The van der Waals surface area contributed by atoms with E-state index in [-0.39, 0.29) is 12.1 Å². The second kappa shape index (κ2) is 9.36. The van der Waals surface area contributed by atoms with Crippen molar-refractivity contribution in [3.05, 3.63) is 29.6 Å². The first kappa shape index (κ1) is 24.8. The summed E-state index contributed by atoms with van der Waals surface area (Å²) in [6.45, 7) is 1.87. The van der Waals surface area contributed by atoms with Gasteiger partial charge in [-0.3, -0.25) is 14.5 Å². The lowest BCUT2D eigenvalue weighted by Crippen LogP contribution is -2.39. The molecule has 3 aliphatic rings. The molecule has 0 spiro atoms. The van der Waals surface area contributed by atoms with Crippen LogP contribution in [-0.2, 0) is 29.3 Å². The number of amides is 2. The van der Waals surface area contributed by atoms with Gasteiger partial charge in [0.05, 0.1) is 12.6 Å². The van der Waals surface area contributed by atoms with Gasteiger partial charge in [-0.2, -0.15) is 8.42 Å². The minimum Gasteiger partial charge on any atom is -0.506 e. The van der Waals surface area contributed by atoms with Crippen LogP contribution in [0.4, 0.5) is 14.9 Å². The van der Waals surface area contributed by atoms with E-state index in [9.17, 15) is 27.9 Å². The number of benzene rings is 1. The molecule has 2 N–H and O–H groups in total. The molecule has 4 rings (SSSR count). The first-order valence-corrected chi connectivity index (χ1v) is 12.6. The number of nitrogens with zero attached hydrogens (tertiary/aromatic N) is 2. The van der Waals surface area contributed by atoms with E-state index >= 15 is 4.39 Å². The maximum absolute atomic E-state index is 15.6. The molecule has 1 aromatic carbocycles. The third-order valence-corrected chi connectivity index (χ3v) is 7.42. The van der Waals surface area contributed by atoms with Gasteiger partial charge < -0.3 is 14.6 Å². The molecule has 11 nitrogen and oxygen atoms in total. The molecule has 1 unspecified atom stereocenters. The Hall–Kier alpha value is -3.35. The van der Waals surface area contributed by atoms with Gasteiger partial charge in [0.15, 0.2) is 5.82 Å². The molecule has 35 heavy (non-hydrogen) atoms. The number of rotatable bonds is 7. The predicted octanol–water partition coefficient (Wildman–Crippen LogP) is 2.02. The Bertz CT molecular complexity index is 1200. The van der Waals surface area contributed by atoms with Crippen molar-refractivity contribution in [1.29, 1.82) is 0 Å². The average molecular weight is 512 g/mol. The van der Waals surface area contributed by atoms with Gasteiger partial charge in [-0.1, -0.05) is 18.9 Å². The molecular formula is C22H26FN3O8S. The van der Waals surface area contributed by atoms with Gasteiger partial charge in [-0.05, 0) is 36.5 Å². The molecule has 2 amide bonds. The molecule has 0 bridgehead atoms. The fourth-order valence-corrected chi connectivity index (χ4v) is 5.42. The van der Waals surface area contributed by atoms with E-state index in [1.165, 1.54) is 24.8 Å². The minimum absolute atomic E-state index is 0.0212. The van der Waals surface area contributed by atoms with Crippen LogP contribution in [0.25, 0.3) is 5.57 Å². The second-order valence-electron chi connectivity index (χ2n) is 8.80. The summed E-state index contributed by atoms with van der Waals surface area (Å²) < 4.78 is 52.4. The van der Waals surface area contributed by atoms with Crippen molar-refractivity contribution in [2.24, 2.45) is 5.92 Å². The minimum atomic E-state index is -4.36. The summed E-state index contributed by atoms with van der Waals surface area (Å²) >= 11 is 0. The number of ether oxygens (including phenoxy) is 2. The van der Waals surface area contributed by atoms with Crippen molar-refractivity contribution in [2.75, 3.05) is 17.4 Å². The number of aromatic hydroxyl groups is 1. The first-order valence-electron chi connectivity index (χ1n) is 11.2. The Balaban J connectivity index is 1.62. The maximum Gasteiger partial charge on any atom is 0.413 e. The van der Waals surface area contributed by atoms with Gasteiger partial charge in [-0.15, -0.1) is 0 Å². The number of nitrogens with one attached hydrogen (secondary N) is 1. The molecule has 2 aliphatic heterocycles. The molecule has 2 heterocycles. The van der Waals surface area contributed by atoms with Crippen LogP contribution >= 0.6 is 0 Å². The molecule has 1 saturated heterocycles. The maximum atomic E-state index is 15.6. The Labute approximate surface area is 201 Å². The summed E-state index contributed by atoms with van der Waals surface area (Å²) in [6.07, 6.45) is 3.55. The zero-order valence-corrected chi connectivity index (χ0v) is 20.0. The summed E-state index contributed by atoms with van der Waals surface area (Å²) in [4.78, 5) is 37.0. The summed E-state index contributed by atoms with van der Waals surface area (Å²) in [6, 6.07) is 2.00. The van der Waals surface area contributed by atoms with E-state index in [1.54, 1.807) is 10.8 Å². The van der Waals surface area contributed by atoms with E-state index in [2.05, 4.69) is 0 Å². The van der Waals surface area contributed by atoms with Gasteiger partial charge >= 0.3 is 22.3 Å². The van der Waals surface area contributed by atoms with Crippen molar-refractivity contribution in [3.8, 4) is 5.75 Å². The van der Waals surface area contributed by atoms with E-state index in [1.807, 2.05) is 0 Å². The SMILES string of the molecule is CC(=O)OC(C)OC(=O)N1CC(c2ccc(O)c(N3CC(=O)NS3(=O)=O)c2F)=C[C@H]1CCC1CC1. The number of hydrogen-bond acceptors (Lipinski definition) is 8. The molecule has 190 valence electrons. The molecule has 1 saturated carbocycles. The molecule has 1 aliphatic carbocycles. The Morgan fingerprint density at radius 3 is 2.54 bits per heavy atom. The largest absolute Gasteiger partial charge is 0.506 e. The number of carbonyl (C=O) groups excluding carboxylic acids is 3. The van der Waals surface area contributed by atoms with Crippen molar-refractivity contribution < 1.29 is 41.8 Å². The van der Waals surface area contributed by atoms with E-state index in [4.69, 9.17) is 9.47 Å². The normalized spacial score (nSPS) is 22.0. The molecule has 2 atom stereocenters. The van der Waals surface area contributed by atoms with Gasteiger partial charge in [0.25, 0.3) is 5.91 Å². The Morgan fingerprint density at radius 2 is 1.94 bits per heavy atom. The number of halogens is 1. The topological polar surface area (TPSA) is 143 Å². The van der Waals surface area contributed by atoms with Crippen molar-refractivity contribution >= 4 is 39.4 Å². The highest BCUT2D eigenvalue weighted by Crippen LogP contribution is 2.40. The van der Waals surface area contributed by atoms with Crippen LogP contribution < -0.4 is 9.03 Å². The van der Waals surface area contributed by atoms with E-state index in [0.717, 1.165) is 25.3 Å².